The molecule has 0 heterocycles. The van der Waals surface area contributed by atoms with Gasteiger partial charge in [-0.25, -0.2) is 0 Å². The zero-order valence-electron chi connectivity index (χ0n) is 10.6. The van der Waals surface area contributed by atoms with E-state index in [-0.39, 0.29) is 18.2 Å². The van der Waals surface area contributed by atoms with Crippen LogP contribution in [0.15, 0.2) is 24.3 Å². The third-order valence-corrected chi connectivity index (χ3v) is 2.51. The van der Waals surface area contributed by atoms with Crippen molar-refractivity contribution in [3.8, 4) is 5.75 Å². The highest BCUT2D eigenvalue weighted by Gasteiger charge is 2.43. The van der Waals surface area contributed by atoms with Crippen molar-refractivity contribution in [1.82, 2.24) is 0 Å². The fourth-order valence-electron chi connectivity index (χ4n) is 1.51. The second kappa shape index (κ2) is 8.28. The molecule has 0 aliphatic rings. The fraction of sp³-hybridized carbons (Fsp3) is 0.500. The Balaban J connectivity index is 0.00000361. The van der Waals surface area contributed by atoms with Gasteiger partial charge in [-0.05, 0) is 37.1 Å². The minimum atomic E-state index is -4.51. The summed E-state index contributed by atoms with van der Waals surface area (Å²) in [6.45, 7) is 0.466. The molecule has 0 spiro atoms. The second-order valence-corrected chi connectivity index (χ2v) is 4.07. The predicted octanol–water partition coefficient (Wildman–Crippen LogP) is 3.08. The van der Waals surface area contributed by atoms with Crippen LogP contribution in [-0.4, -0.2) is 19.1 Å². The molecule has 0 fully saturated rings. The van der Waals surface area contributed by atoms with E-state index in [0.29, 0.717) is 24.9 Å². The Kier molecular flexibility index (Phi) is 7.85. The molecular formula is C12H17ClF4N2O. The summed E-state index contributed by atoms with van der Waals surface area (Å²) in [5, 5.41) is 0. The largest absolute Gasteiger partial charge is 0.461 e. The average Bonchev–Trinajstić information content (AvgIpc) is 2.35. The molecule has 1 atom stereocenters. The van der Waals surface area contributed by atoms with Gasteiger partial charge in [-0.1, -0.05) is 12.1 Å². The van der Waals surface area contributed by atoms with Crippen LogP contribution in [0.4, 0.5) is 17.6 Å². The molecule has 116 valence electrons. The molecule has 4 N–H and O–H groups in total. The van der Waals surface area contributed by atoms with Gasteiger partial charge in [-0.2, -0.15) is 17.6 Å². The molecule has 0 saturated carbocycles. The van der Waals surface area contributed by atoms with Gasteiger partial charge in [0.2, 0.25) is 0 Å². The van der Waals surface area contributed by atoms with E-state index >= 15 is 0 Å². The number of rotatable bonds is 7. The first-order valence-corrected chi connectivity index (χ1v) is 5.77. The maximum absolute atomic E-state index is 12.7. The van der Waals surface area contributed by atoms with E-state index < -0.39 is 18.6 Å². The molecule has 8 heteroatoms. The van der Waals surface area contributed by atoms with Crippen LogP contribution >= 0.6 is 12.4 Å². The molecule has 0 aliphatic carbocycles. The molecule has 0 aromatic heterocycles. The predicted molar refractivity (Wildman–Crippen MR) is 70.5 cm³/mol. The summed E-state index contributed by atoms with van der Waals surface area (Å²) < 4.78 is 53.5. The Labute approximate surface area is 120 Å². The normalized spacial score (nSPS) is 12.9. The second-order valence-electron chi connectivity index (χ2n) is 4.07. The smallest absolute Gasteiger partial charge is 0.428 e. The number of hydrogen-bond donors (Lipinski definition) is 2. The zero-order chi connectivity index (χ0) is 14.5. The van der Waals surface area contributed by atoms with Crippen LogP contribution in [0, 0.1) is 0 Å². The Morgan fingerprint density at radius 2 is 1.90 bits per heavy atom. The summed E-state index contributed by atoms with van der Waals surface area (Å²) in [6, 6.07) is 5.06. The lowest BCUT2D eigenvalue weighted by molar-refractivity contribution is -0.253. The van der Waals surface area contributed by atoms with Crippen molar-refractivity contribution in [1.29, 1.82) is 0 Å². The molecule has 0 amide bonds. The van der Waals surface area contributed by atoms with Gasteiger partial charge in [0.15, 0.2) is 0 Å². The van der Waals surface area contributed by atoms with Crippen LogP contribution in [0.5, 0.6) is 5.75 Å². The van der Waals surface area contributed by atoms with Crippen LogP contribution in [0.1, 0.15) is 24.4 Å². The molecule has 0 unspecified atom stereocenters. The number of halogens is 5. The van der Waals surface area contributed by atoms with Crippen molar-refractivity contribution in [2.75, 3.05) is 6.54 Å². The third-order valence-electron chi connectivity index (χ3n) is 2.51. The van der Waals surface area contributed by atoms with Crippen molar-refractivity contribution in [2.24, 2.45) is 11.5 Å². The molecule has 1 rings (SSSR count). The van der Waals surface area contributed by atoms with E-state index in [1.807, 2.05) is 0 Å². The van der Waals surface area contributed by atoms with E-state index in [9.17, 15) is 17.6 Å². The summed E-state index contributed by atoms with van der Waals surface area (Å²) >= 11 is 0. The average molecular weight is 317 g/mol. The highest BCUT2D eigenvalue weighted by atomic mass is 35.5. The first-order valence-electron chi connectivity index (χ1n) is 5.77. The van der Waals surface area contributed by atoms with Gasteiger partial charge in [0.25, 0.3) is 0 Å². The fourth-order valence-corrected chi connectivity index (χ4v) is 1.51. The Morgan fingerprint density at radius 3 is 2.45 bits per heavy atom. The first kappa shape index (κ1) is 18.9. The molecule has 20 heavy (non-hydrogen) atoms. The molecule has 0 radical (unpaired) electrons. The molecule has 1 aromatic rings. The van der Waals surface area contributed by atoms with Gasteiger partial charge >= 0.3 is 12.5 Å². The summed E-state index contributed by atoms with van der Waals surface area (Å²) in [4.78, 5) is 0. The Bertz CT molecular complexity index is 407. The minimum Gasteiger partial charge on any atom is -0.428 e. The van der Waals surface area contributed by atoms with Gasteiger partial charge in [0.05, 0.1) is 0 Å². The van der Waals surface area contributed by atoms with Crippen LogP contribution in [-0.2, 0) is 0 Å². The number of alkyl halides is 4. The van der Waals surface area contributed by atoms with E-state index in [0.717, 1.165) is 0 Å². The Morgan fingerprint density at radius 1 is 1.25 bits per heavy atom. The standard InChI is InChI=1S/C12H16F4N2O.ClH/c13-11(14)12(15,16)19-9-4-1-3-8(7-9)10(18)5-2-6-17;/h1,3-4,7,10-11H,2,5-6,17-18H2;1H/t10-;/m0./s1. The van der Waals surface area contributed by atoms with Gasteiger partial charge < -0.3 is 16.2 Å². The van der Waals surface area contributed by atoms with Crippen LogP contribution in [0.2, 0.25) is 0 Å². The van der Waals surface area contributed by atoms with Crippen LogP contribution < -0.4 is 16.2 Å². The topological polar surface area (TPSA) is 61.3 Å². The van der Waals surface area contributed by atoms with E-state index in [1.54, 1.807) is 6.07 Å². The third kappa shape index (κ3) is 5.52. The summed E-state index contributed by atoms with van der Waals surface area (Å²) in [5.74, 6) is -0.342. The van der Waals surface area contributed by atoms with Crippen LogP contribution in [0.25, 0.3) is 0 Å². The van der Waals surface area contributed by atoms with Crippen molar-refractivity contribution in [2.45, 2.75) is 31.4 Å². The molecule has 0 aliphatic heterocycles. The summed E-state index contributed by atoms with van der Waals surface area (Å²) in [5.41, 5.74) is 11.7. The van der Waals surface area contributed by atoms with Crippen LogP contribution in [0.3, 0.4) is 0 Å². The zero-order valence-corrected chi connectivity index (χ0v) is 11.4. The van der Waals surface area contributed by atoms with Gasteiger partial charge in [0.1, 0.15) is 5.75 Å². The maximum Gasteiger partial charge on any atom is 0.461 e. The quantitative estimate of drug-likeness (QED) is 0.760. The molecule has 0 saturated heterocycles. The highest BCUT2D eigenvalue weighted by Crippen LogP contribution is 2.29. The van der Waals surface area contributed by atoms with Gasteiger partial charge in [-0.3, -0.25) is 0 Å². The van der Waals surface area contributed by atoms with Gasteiger partial charge in [-0.15, -0.1) is 12.4 Å². The lowest BCUT2D eigenvalue weighted by atomic mass is 10.0. The molecule has 3 nitrogen and oxygen atoms in total. The minimum absolute atomic E-state index is 0. The number of hydrogen-bond acceptors (Lipinski definition) is 3. The lowest BCUT2D eigenvalue weighted by Gasteiger charge is -2.18. The molecule has 1 aromatic carbocycles. The molecule has 0 bridgehead atoms. The van der Waals surface area contributed by atoms with Crippen molar-refractivity contribution in [3.05, 3.63) is 29.8 Å². The SMILES string of the molecule is Cl.NCCC[C@H](N)c1cccc(OC(F)(F)C(F)F)c1. The summed E-state index contributed by atoms with van der Waals surface area (Å²) in [7, 11) is 0. The lowest BCUT2D eigenvalue weighted by Crippen LogP contribution is -2.33. The van der Waals surface area contributed by atoms with E-state index in [1.165, 1.54) is 18.2 Å². The Hall–Kier alpha value is -1.05. The van der Waals surface area contributed by atoms with Gasteiger partial charge in [0, 0.05) is 6.04 Å². The number of benzene rings is 1. The molecular weight excluding hydrogens is 300 g/mol. The monoisotopic (exact) mass is 316 g/mol. The summed E-state index contributed by atoms with van der Waals surface area (Å²) in [6.07, 6.45) is -7.15. The maximum atomic E-state index is 12.7. The van der Waals surface area contributed by atoms with Crippen molar-refractivity contribution >= 4 is 12.4 Å². The highest BCUT2D eigenvalue weighted by molar-refractivity contribution is 5.85. The van der Waals surface area contributed by atoms with Crippen molar-refractivity contribution in [3.63, 3.8) is 0 Å². The number of ether oxygens (including phenoxy) is 1. The van der Waals surface area contributed by atoms with E-state index in [4.69, 9.17) is 11.5 Å². The first-order chi connectivity index (χ1) is 8.86. The van der Waals surface area contributed by atoms with E-state index in [2.05, 4.69) is 4.74 Å². The number of nitrogens with two attached hydrogens (primary N) is 2. The van der Waals surface area contributed by atoms with Crippen molar-refractivity contribution < 1.29 is 22.3 Å².